The van der Waals surface area contributed by atoms with Crippen molar-refractivity contribution in [2.45, 2.75) is 12.5 Å². The van der Waals surface area contributed by atoms with Crippen molar-refractivity contribution in [2.75, 3.05) is 18.1 Å². The van der Waals surface area contributed by atoms with Gasteiger partial charge in [0.2, 0.25) is 0 Å². The van der Waals surface area contributed by atoms with Crippen molar-refractivity contribution in [3.63, 3.8) is 0 Å². The van der Waals surface area contributed by atoms with Crippen molar-refractivity contribution in [1.82, 2.24) is 5.32 Å². The van der Waals surface area contributed by atoms with E-state index in [0.717, 1.165) is 0 Å². The van der Waals surface area contributed by atoms with E-state index in [1.807, 2.05) is 0 Å². The average molecular weight is 392 g/mol. The van der Waals surface area contributed by atoms with Crippen LogP contribution in [0.4, 0.5) is 0 Å². The first-order valence-corrected chi connectivity index (χ1v) is 9.04. The summed E-state index contributed by atoms with van der Waals surface area (Å²) >= 11 is 3.16. The lowest BCUT2D eigenvalue weighted by Gasteiger charge is -2.11. The number of phenols is 1. The minimum Gasteiger partial charge on any atom is -0.507 e. The molecule has 0 aliphatic carbocycles. The van der Waals surface area contributed by atoms with Crippen LogP contribution in [0, 0.1) is 0 Å². The maximum absolute atomic E-state index is 11.8. The maximum atomic E-state index is 11.8. The second kappa shape index (κ2) is 6.66. The maximum Gasteiger partial charge on any atom is 0.342 e. The first-order chi connectivity index (χ1) is 10.3. The van der Waals surface area contributed by atoms with Gasteiger partial charge in [-0.2, -0.15) is 0 Å². The van der Waals surface area contributed by atoms with E-state index in [4.69, 9.17) is 4.74 Å². The highest BCUT2D eigenvalue weighted by Crippen LogP contribution is 2.22. The molecule has 0 radical (unpaired) electrons. The monoisotopic (exact) mass is 391 g/mol. The molecule has 2 rings (SSSR count). The van der Waals surface area contributed by atoms with Gasteiger partial charge in [0, 0.05) is 10.5 Å². The van der Waals surface area contributed by atoms with Crippen LogP contribution in [0.3, 0.4) is 0 Å². The van der Waals surface area contributed by atoms with E-state index in [-0.39, 0.29) is 22.8 Å². The van der Waals surface area contributed by atoms with Gasteiger partial charge in [0.25, 0.3) is 5.91 Å². The second-order valence-corrected chi connectivity index (χ2v) is 8.05. The number of halogens is 1. The van der Waals surface area contributed by atoms with Gasteiger partial charge in [-0.25, -0.2) is 13.2 Å². The van der Waals surface area contributed by atoms with E-state index in [2.05, 4.69) is 21.2 Å². The number of hydrogen-bond acceptors (Lipinski definition) is 6. The van der Waals surface area contributed by atoms with Gasteiger partial charge in [0.15, 0.2) is 16.4 Å². The molecule has 1 fully saturated rings. The van der Waals surface area contributed by atoms with Crippen LogP contribution >= 0.6 is 15.9 Å². The van der Waals surface area contributed by atoms with Crippen molar-refractivity contribution in [2.24, 2.45) is 0 Å². The number of benzene rings is 1. The fraction of sp³-hybridized carbons (Fsp3) is 0.385. The predicted octanol–water partition coefficient (Wildman–Crippen LogP) is 0.615. The lowest BCUT2D eigenvalue weighted by Crippen LogP contribution is -2.38. The van der Waals surface area contributed by atoms with Gasteiger partial charge in [-0.05, 0) is 24.6 Å². The molecule has 9 heteroatoms. The predicted molar refractivity (Wildman–Crippen MR) is 81.3 cm³/mol. The number of rotatable bonds is 4. The Morgan fingerprint density at radius 3 is 2.77 bits per heavy atom. The molecule has 0 bridgehead atoms. The summed E-state index contributed by atoms with van der Waals surface area (Å²) in [5.41, 5.74) is -0.0642. The van der Waals surface area contributed by atoms with E-state index < -0.39 is 34.4 Å². The lowest BCUT2D eigenvalue weighted by atomic mass is 10.2. The summed E-state index contributed by atoms with van der Waals surface area (Å²) in [4.78, 5) is 23.4. The summed E-state index contributed by atoms with van der Waals surface area (Å²) in [7, 11) is -3.09. The zero-order valence-electron chi connectivity index (χ0n) is 11.4. The molecule has 1 aliphatic rings. The van der Waals surface area contributed by atoms with Crippen molar-refractivity contribution < 1.29 is 27.9 Å². The van der Waals surface area contributed by atoms with Gasteiger partial charge < -0.3 is 15.2 Å². The highest BCUT2D eigenvalue weighted by Gasteiger charge is 2.29. The summed E-state index contributed by atoms with van der Waals surface area (Å²) < 4.78 is 27.9. The first-order valence-electron chi connectivity index (χ1n) is 6.42. The summed E-state index contributed by atoms with van der Waals surface area (Å²) in [6.07, 6.45) is 0.356. The Labute approximate surface area is 135 Å². The highest BCUT2D eigenvalue weighted by molar-refractivity contribution is 9.10. The van der Waals surface area contributed by atoms with Gasteiger partial charge in [-0.3, -0.25) is 4.79 Å². The molecule has 1 amide bonds. The molecule has 1 aromatic carbocycles. The van der Waals surface area contributed by atoms with Crippen LogP contribution in [0.2, 0.25) is 0 Å². The van der Waals surface area contributed by atoms with Gasteiger partial charge in [-0.1, -0.05) is 15.9 Å². The molecule has 0 saturated carbocycles. The van der Waals surface area contributed by atoms with Crippen molar-refractivity contribution in [1.29, 1.82) is 0 Å². The number of ether oxygens (including phenoxy) is 1. The van der Waals surface area contributed by atoms with Crippen LogP contribution in [0.25, 0.3) is 0 Å². The molecular formula is C13H14BrNO6S. The van der Waals surface area contributed by atoms with Crippen LogP contribution in [-0.4, -0.2) is 49.6 Å². The standard InChI is InChI=1S/C13H14BrNO6S/c14-8-1-2-11(16)10(5-8)13(18)21-6-12(17)15-9-3-4-22(19,20)7-9/h1-2,5,9,16H,3-4,6-7H2,(H,15,17)/t9-/m0/s1. The fourth-order valence-electron chi connectivity index (χ4n) is 2.06. The molecule has 1 aromatic rings. The number of phenolic OH excluding ortho intramolecular Hbond substituents is 1. The normalized spacial score (nSPS) is 19.6. The van der Waals surface area contributed by atoms with Crippen molar-refractivity contribution in [3.8, 4) is 5.75 Å². The third kappa shape index (κ3) is 4.44. The third-order valence-corrected chi connectivity index (χ3v) is 5.37. The molecule has 1 saturated heterocycles. The fourth-order valence-corrected chi connectivity index (χ4v) is 4.09. The number of hydrogen-bond donors (Lipinski definition) is 2. The Morgan fingerprint density at radius 2 is 2.14 bits per heavy atom. The number of sulfone groups is 1. The minimum atomic E-state index is -3.09. The third-order valence-electron chi connectivity index (χ3n) is 3.11. The van der Waals surface area contributed by atoms with Gasteiger partial charge >= 0.3 is 5.97 Å². The van der Waals surface area contributed by atoms with Gasteiger partial charge in [0.05, 0.1) is 11.5 Å². The van der Waals surface area contributed by atoms with Crippen molar-refractivity contribution >= 4 is 37.6 Å². The molecule has 0 spiro atoms. The van der Waals surface area contributed by atoms with E-state index in [1.54, 1.807) is 6.07 Å². The number of esters is 1. The summed E-state index contributed by atoms with van der Waals surface area (Å²) in [6, 6.07) is 3.80. The number of amides is 1. The number of aromatic hydroxyl groups is 1. The number of nitrogens with one attached hydrogen (secondary N) is 1. The minimum absolute atomic E-state index is 0.0453. The number of carbonyl (C=O) groups is 2. The molecule has 1 atom stereocenters. The summed E-state index contributed by atoms with van der Waals surface area (Å²) in [5, 5.41) is 12.1. The SMILES string of the molecule is O=C(COC(=O)c1cc(Br)ccc1O)N[C@H]1CCS(=O)(=O)C1. The Kier molecular flexibility index (Phi) is 5.07. The molecule has 2 N–H and O–H groups in total. The average Bonchev–Trinajstić information content (AvgIpc) is 2.78. The molecule has 1 heterocycles. The highest BCUT2D eigenvalue weighted by atomic mass is 79.9. The zero-order valence-corrected chi connectivity index (χ0v) is 13.8. The molecule has 22 heavy (non-hydrogen) atoms. The van der Waals surface area contributed by atoms with Crippen molar-refractivity contribution in [3.05, 3.63) is 28.2 Å². The van der Waals surface area contributed by atoms with Gasteiger partial charge in [-0.15, -0.1) is 0 Å². The first kappa shape index (κ1) is 16.8. The Balaban J connectivity index is 1.86. The summed E-state index contributed by atoms with van der Waals surface area (Å²) in [5.74, 6) is -1.73. The molecular weight excluding hydrogens is 378 g/mol. The van der Waals surface area contributed by atoms with Gasteiger partial charge in [0.1, 0.15) is 11.3 Å². The lowest BCUT2D eigenvalue weighted by molar-refractivity contribution is -0.124. The second-order valence-electron chi connectivity index (χ2n) is 4.91. The molecule has 120 valence electrons. The Bertz CT molecular complexity index is 702. The van der Waals surface area contributed by atoms with E-state index >= 15 is 0 Å². The van der Waals surface area contributed by atoms with Crippen LogP contribution in [0.1, 0.15) is 16.8 Å². The van der Waals surface area contributed by atoms with E-state index in [9.17, 15) is 23.1 Å². The van der Waals surface area contributed by atoms with E-state index in [0.29, 0.717) is 10.9 Å². The number of carbonyl (C=O) groups excluding carboxylic acids is 2. The molecule has 0 unspecified atom stereocenters. The quantitative estimate of drug-likeness (QED) is 0.727. The topological polar surface area (TPSA) is 110 Å². The van der Waals surface area contributed by atoms with Crippen LogP contribution in [0.5, 0.6) is 5.75 Å². The Hall–Kier alpha value is -1.61. The zero-order chi connectivity index (χ0) is 16.3. The largest absolute Gasteiger partial charge is 0.507 e. The molecule has 1 aliphatic heterocycles. The van der Waals surface area contributed by atoms with Crippen LogP contribution < -0.4 is 5.32 Å². The smallest absolute Gasteiger partial charge is 0.342 e. The van der Waals surface area contributed by atoms with Crippen LogP contribution in [-0.2, 0) is 19.4 Å². The summed E-state index contributed by atoms with van der Waals surface area (Å²) in [6.45, 7) is -0.540. The molecule has 0 aromatic heterocycles. The van der Waals surface area contributed by atoms with E-state index in [1.165, 1.54) is 12.1 Å². The molecule has 7 nitrogen and oxygen atoms in total. The Morgan fingerprint density at radius 1 is 1.41 bits per heavy atom. The van der Waals surface area contributed by atoms with Crippen LogP contribution in [0.15, 0.2) is 22.7 Å².